The lowest BCUT2D eigenvalue weighted by atomic mass is 9.94. The van der Waals surface area contributed by atoms with Gasteiger partial charge in [-0.05, 0) is 63.2 Å². The highest BCUT2D eigenvalue weighted by Gasteiger charge is 2.29. The SMILES string of the molecule is CCc1ccccc1NC(=O)CN1CCC(C(=O)N2CCCCC2)CC1. The minimum Gasteiger partial charge on any atom is -0.342 e. The average molecular weight is 357 g/mol. The van der Waals surface area contributed by atoms with Crippen molar-refractivity contribution in [2.45, 2.75) is 45.4 Å². The molecule has 0 bridgehead atoms. The van der Waals surface area contributed by atoms with Crippen molar-refractivity contribution >= 4 is 17.5 Å². The topological polar surface area (TPSA) is 52.7 Å². The highest BCUT2D eigenvalue weighted by Crippen LogP contribution is 2.22. The zero-order chi connectivity index (χ0) is 18.4. The quantitative estimate of drug-likeness (QED) is 0.881. The van der Waals surface area contributed by atoms with E-state index in [-0.39, 0.29) is 11.8 Å². The number of nitrogens with one attached hydrogen (secondary N) is 1. The van der Waals surface area contributed by atoms with Gasteiger partial charge in [-0.15, -0.1) is 0 Å². The highest BCUT2D eigenvalue weighted by atomic mass is 16.2. The molecule has 1 aromatic carbocycles. The van der Waals surface area contributed by atoms with Gasteiger partial charge in [-0.25, -0.2) is 0 Å². The van der Waals surface area contributed by atoms with Crippen LogP contribution in [0.1, 0.15) is 44.6 Å². The van der Waals surface area contributed by atoms with Gasteiger partial charge in [0.1, 0.15) is 0 Å². The summed E-state index contributed by atoms with van der Waals surface area (Å²) in [6, 6.07) is 7.96. The smallest absolute Gasteiger partial charge is 0.238 e. The molecule has 0 aromatic heterocycles. The van der Waals surface area contributed by atoms with E-state index < -0.39 is 0 Å². The van der Waals surface area contributed by atoms with Crippen molar-refractivity contribution in [3.05, 3.63) is 29.8 Å². The molecule has 142 valence electrons. The number of amides is 2. The number of hydrogen-bond donors (Lipinski definition) is 1. The Morgan fingerprint density at radius 3 is 2.42 bits per heavy atom. The Morgan fingerprint density at radius 2 is 1.73 bits per heavy atom. The summed E-state index contributed by atoms with van der Waals surface area (Å²) in [4.78, 5) is 29.2. The number of carbonyl (C=O) groups is 2. The van der Waals surface area contributed by atoms with Crippen molar-refractivity contribution < 1.29 is 9.59 Å². The van der Waals surface area contributed by atoms with E-state index >= 15 is 0 Å². The van der Waals surface area contributed by atoms with Gasteiger partial charge < -0.3 is 10.2 Å². The van der Waals surface area contributed by atoms with E-state index in [0.717, 1.165) is 69.5 Å². The first-order valence-corrected chi connectivity index (χ1v) is 10.1. The number of anilines is 1. The first-order valence-electron chi connectivity index (χ1n) is 10.1. The Hall–Kier alpha value is -1.88. The fraction of sp³-hybridized carbons (Fsp3) is 0.619. The van der Waals surface area contributed by atoms with Crippen LogP contribution in [0.2, 0.25) is 0 Å². The van der Waals surface area contributed by atoms with Gasteiger partial charge in [0.15, 0.2) is 0 Å². The van der Waals surface area contributed by atoms with Crippen molar-refractivity contribution in [3.8, 4) is 0 Å². The third kappa shape index (κ3) is 4.85. The Morgan fingerprint density at radius 1 is 1.04 bits per heavy atom. The van der Waals surface area contributed by atoms with Crippen LogP contribution in [0.15, 0.2) is 24.3 Å². The summed E-state index contributed by atoms with van der Waals surface area (Å²) in [6.45, 7) is 6.01. The number of nitrogens with zero attached hydrogens (tertiary/aromatic N) is 2. The lowest BCUT2D eigenvalue weighted by Crippen LogP contribution is -2.45. The molecule has 2 amide bonds. The van der Waals surface area contributed by atoms with Gasteiger partial charge in [0.2, 0.25) is 11.8 Å². The summed E-state index contributed by atoms with van der Waals surface area (Å²) in [5.41, 5.74) is 2.07. The molecular weight excluding hydrogens is 326 g/mol. The normalized spacial score (nSPS) is 19.3. The Balaban J connectivity index is 1.44. The molecule has 5 heteroatoms. The molecule has 2 aliphatic heterocycles. The first-order chi connectivity index (χ1) is 12.7. The van der Waals surface area contributed by atoms with Crippen molar-refractivity contribution in [3.63, 3.8) is 0 Å². The van der Waals surface area contributed by atoms with Crippen LogP contribution in [-0.2, 0) is 16.0 Å². The number of likely N-dealkylation sites (tertiary alicyclic amines) is 2. The monoisotopic (exact) mass is 357 g/mol. The second-order valence-corrected chi connectivity index (χ2v) is 7.50. The van der Waals surface area contributed by atoms with Gasteiger partial charge in [0.25, 0.3) is 0 Å². The van der Waals surface area contributed by atoms with Crippen LogP contribution in [0, 0.1) is 5.92 Å². The Kier molecular flexibility index (Phi) is 6.67. The molecule has 2 saturated heterocycles. The van der Waals surface area contributed by atoms with E-state index in [4.69, 9.17) is 0 Å². The predicted molar refractivity (Wildman–Crippen MR) is 104 cm³/mol. The van der Waals surface area contributed by atoms with Crippen LogP contribution >= 0.6 is 0 Å². The third-order valence-corrected chi connectivity index (χ3v) is 5.64. The molecule has 2 heterocycles. The molecule has 0 atom stereocenters. The molecule has 1 N–H and O–H groups in total. The Bertz CT molecular complexity index is 617. The molecule has 0 aliphatic carbocycles. The minimum absolute atomic E-state index is 0.0340. The van der Waals surface area contributed by atoms with E-state index in [1.165, 1.54) is 6.42 Å². The third-order valence-electron chi connectivity index (χ3n) is 5.64. The maximum Gasteiger partial charge on any atom is 0.238 e. The standard InChI is InChI=1S/C21H31N3O2/c1-2-17-8-4-5-9-19(17)22-20(25)16-23-14-10-18(11-15-23)21(26)24-12-6-3-7-13-24/h4-5,8-9,18H,2-3,6-7,10-16H2,1H3,(H,22,25). The van der Waals surface area contributed by atoms with Crippen LogP contribution in [0.4, 0.5) is 5.69 Å². The lowest BCUT2D eigenvalue weighted by molar-refractivity contribution is -0.138. The average Bonchev–Trinajstić information content (AvgIpc) is 2.69. The van der Waals surface area contributed by atoms with Gasteiger partial charge in [0.05, 0.1) is 6.54 Å². The summed E-state index contributed by atoms with van der Waals surface area (Å²) in [6.07, 6.45) is 6.18. The number of hydrogen-bond acceptors (Lipinski definition) is 3. The summed E-state index contributed by atoms with van der Waals surface area (Å²) in [7, 11) is 0. The maximum absolute atomic E-state index is 12.6. The molecule has 2 fully saturated rings. The number of aryl methyl sites for hydroxylation is 1. The van der Waals surface area contributed by atoms with Crippen LogP contribution in [0.25, 0.3) is 0 Å². The number of benzene rings is 1. The first kappa shape index (κ1) is 18.9. The van der Waals surface area contributed by atoms with E-state index in [0.29, 0.717) is 12.5 Å². The van der Waals surface area contributed by atoms with Crippen LogP contribution in [-0.4, -0.2) is 54.3 Å². The molecule has 0 spiro atoms. The Labute approximate surface area is 156 Å². The minimum atomic E-state index is 0.0340. The van der Waals surface area contributed by atoms with E-state index in [9.17, 15) is 9.59 Å². The van der Waals surface area contributed by atoms with Crippen molar-refractivity contribution in [1.29, 1.82) is 0 Å². The molecule has 2 aliphatic rings. The summed E-state index contributed by atoms with van der Waals surface area (Å²) < 4.78 is 0. The lowest BCUT2D eigenvalue weighted by Gasteiger charge is -2.35. The molecular formula is C21H31N3O2. The van der Waals surface area contributed by atoms with Crippen LogP contribution < -0.4 is 5.32 Å². The van der Waals surface area contributed by atoms with E-state index in [1.54, 1.807) is 0 Å². The molecule has 26 heavy (non-hydrogen) atoms. The maximum atomic E-state index is 12.6. The zero-order valence-corrected chi connectivity index (χ0v) is 15.9. The molecule has 0 unspecified atom stereocenters. The second-order valence-electron chi connectivity index (χ2n) is 7.50. The molecule has 0 saturated carbocycles. The highest BCUT2D eigenvalue weighted by molar-refractivity contribution is 5.93. The van der Waals surface area contributed by atoms with Gasteiger partial charge in [-0.1, -0.05) is 25.1 Å². The molecule has 1 aromatic rings. The molecule has 3 rings (SSSR count). The number of para-hydroxylation sites is 1. The second kappa shape index (κ2) is 9.17. The van der Waals surface area contributed by atoms with Gasteiger partial charge in [-0.2, -0.15) is 0 Å². The predicted octanol–water partition coefficient (Wildman–Crippen LogP) is 2.91. The summed E-state index contributed by atoms with van der Waals surface area (Å²) in [5.74, 6) is 0.519. The van der Waals surface area contributed by atoms with Crippen molar-refractivity contribution in [2.75, 3.05) is 38.0 Å². The fourth-order valence-corrected chi connectivity index (χ4v) is 4.05. The zero-order valence-electron chi connectivity index (χ0n) is 15.9. The van der Waals surface area contributed by atoms with Gasteiger partial charge in [-0.3, -0.25) is 14.5 Å². The van der Waals surface area contributed by atoms with Crippen molar-refractivity contribution in [2.24, 2.45) is 5.92 Å². The van der Waals surface area contributed by atoms with Crippen LogP contribution in [0.3, 0.4) is 0 Å². The number of rotatable bonds is 5. The fourth-order valence-electron chi connectivity index (χ4n) is 4.05. The van der Waals surface area contributed by atoms with E-state index in [2.05, 4.69) is 22.0 Å². The molecule has 0 radical (unpaired) electrons. The number of carbonyl (C=O) groups excluding carboxylic acids is 2. The van der Waals surface area contributed by atoms with Crippen LogP contribution in [0.5, 0.6) is 0 Å². The largest absolute Gasteiger partial charge is 0.342 e. The number of piperidine rings is 2. The molecule has 5 nitrogen and oxygen atoms in total. The summed E-state index contributed by atoms with van der Waals surface area (Å²) in [5, 5.41) is 3.04. The van der Waals surface area contributed by atoms with E-state index in [1.807, 2.05) is 24.3 Å². The van der Waals surface area contributed by atoms with Crippen molar-refractivity contribution in [1.82, 2.24) is 9.80 Å². The summed E-state index contributed by atoms with van der Waals surface area (Å²) >= 11 is 0. The van der Waals surface area contributed by atoms with Gasteiger partial charge >= 0.3 is 0 Å². The van der Waals surface area contributed by atoms with Gasteiger partial charge in [0, 0.05) is 24.7 Å².